The summed E-state index contributed by atoms with van der Waals surface area (Å²) >= 11 is 6.80. The Bertz CT molecular complexity index is 853. The number of nitrogens with zero attached hydrogens (tertiary/aromatic N) is 3. The van der Waals surface area contributed by atoms with Gasteiger partial charge in [-0.15, -0.1) is 5.10 Å². The van der Waals surface area contributed by atoms with Gasteiger partial charge in [0, 0.05) is 20.1 Å². The van der Waals surface area contributed by atoms with E-state index in [2.05, 4.69) is 52.6 Å². The molecule has 2 aromatic rings. The summed E-state index contributed by atoms with van der Waals surface area (Å²) in [6.07, 6.45) is 3.12. The Balaban J connectivity index is 2.03. The summed E-state index contributed by atoms with van der Waals surface area (Å²) in [5.41, 5.74) is 9.88. The molecule has 0 saturated carbocycles. The highest BCUT2D eigenvalue weighted by atomic mass is 79.9. The molecule has 9 heteroatoms. The fourth-order valence-electron chi connectivity index (χ4n) is 1.96. The van der Waals surface area contributed by atoms with E-state index in [0.29, 0.717) is 11.5 Å². The third kappa shape index (κ3) is 5.85. The van der Waals surface area contributed by atoms with Gasteiger partial charge < -0.3 is 15.2 Å². The summed E-state index contributed by atoms with van der Waals surface area (Å²) in [5, 5.41) is 11.8. The first-order valence-electron chi connectivity index (χ1n) is 7.36. The number of rotatable bonds is 6. The predicted molar refractivity (Wildman–Crippen MR) is 111 cm³/mol. The lowest BCUT2D eigenvalue weighted by molar-refractivity contribution is 0.414. The summed E-state index contributed by atoms with van der Waals surface area (Å²) < 4.78 is 12.3. The van der Waals surface area contributed by atoms with E-state index in [-0.39, 0.29) is 5.96 Å². The van der Waals surface area contributed by atoms with Crippen molar-refractivity contribution in [2.75, 3.05) is 14.2 Å². The van der Waals surface area contributed by atoms with Crippen molar-refractivity contribution < 1.29 is 9.47 Å². The molecule has 0 bridgehead atoms. The minimum absolute atomic E-state index is 0.0421. The number of hydrazone groups is 1. The van der Waals surface area contributed by atoms with Crippen LogP contribution in [-0.2, 0) is 0 Å². The van der Waals surface area contributed by atoms with Crippen molar-refractivity contribution in [1.29, 1.82) is 0 Å². The molecular weight excluding hydrogens is 466 g/mol. The topological polar surface area (TPSA) is 93.6 Å². The summed E-state index contributed by atoms with van der Waals surface area (Å²) in [6.45, 7) is 0. The third-order valence-electron chi connectivity index (χ3n) is 3.13. The van der Waals surface area contributed by atoms with E-state index in [1.165, 1.54) is 0 Å². The van der Waals surface area contributed by atoms with Gasteiger partial charge in [-0.25, -0.2) is 5.43 Å². The number of methoxy groups -OCH3 is 2. The van der Waals surface area contributed by atoms with Crippen molar-refractivity contribution in [3.05, 3.63) is 56.5 Å². The van der Waals surface area contributed by atoms with Crippen molar-refractivity contribution in [2.45, 2.75) is 0 Å². The molecule has 0 saturated heterocycles. The summed E-state index contributed by atoms with van der Waals surface area (Å²) in [6, 6.07) is 11.1. The number of halogens is 2. The third-order valence-corrected chi connectivity index (χ3v) is 4.12. The summed E-state index contributed by atoms with van der Waals surface area (Å²) in [5.74, 6) is 1.41. The number of hydrogen-bond donors (Lipinski definition) is 2. The number of guanidine groups is 1. The molecule has 0 aliphatic heterocycles. The molecule has 0 spiro atoms. The van der Waals surface area contributed by atoms with Crippen molar-refractivity contribution in [1.82, 2.24) is 5.43 Å². The van der Waals surface area contributed by atoms with Gasteiger partial charge in [0.25, 0.3) is 0 Å². The highest BCUT2D eigenvalue weighted by Gasteiger charge is 2.01. The second-order valence-electron chi connectivity index (χ2n) is 4.87. The highest BCUT2D eigenvalue weighted by Crippen LogP contribution is 2.22. The molecule has 0 heterocycles. The lowest BCUT2D eigenvalue weighted by Crippen LogP contribution is -2.26. The van der Waals surface area contributed by atoms with E-state index in [0.717, 1.165) is 20.1 Å². The van der Waals surface area contributed by atoms with E-state index in [9.17, 15) is 0 Å². The van der Waals surface area contributed by atoms with Gasteiger partial charge in [0.2, 0.25) is 5.96 Å². The lowest BCUT2D eigenvalue weighted by Gasteiger charge is -2.04. The summed E-state index contributed by atoms with van der Waals surface area (Å²) in [4.78, 5) is 0. The van der Waals surface area contributed by atoms with Gasteiger partial charge in [0.1, 0.15) is 11.5 Å². The van der Waals surface area contributed by atoms with Crippen LogP contribution in [0.1, 0.15) is 11.1 Å². The van der Waals surface area contributed by atoms with E-state index < -0.39 is 0 Å². The molecule has 3 N–H and O–H groups in total. The first kappa shape index (κ1) is 19.9. The number of hydrogen-bond acceptors (Lipinski definition) is 5. The first-order valence-corrected chi connectivity index (χ1v) is 8.94. The van der Waals surface area contributed by atoms with Crippen LogP contribution in [0, 0.1) is 0 Å². The molecule has 2 aromatic carbocycles. The van der Waals surface area contributed by atoms with E-state index in [1.807, 2.05) is 36.4 Å². The fraction of sp³-hybridized carbons (Fsp3) is 0.118. The van der Waals surface area contributed by atoms with Crippen LogP contribution < -0.4 is 20.6 Å². The Morgan fingerprint density at radius 3 is 2.04 bits per heavy atom. The standard InChI is InChI=1S/C17H17Br2N5O2/c1-25-15-5-3-13(18)7-11(15)9-21-23-17(20)24-22-10-12-8-14(19)4-6-16(12)26-2/h3-10H,1-2H3,(H3,20,23,24)/b21-9+,22-10+. The molecule has 0 aliphatic rings. The van der Waals surface area contributed by atoms with Crippen LogP contribution in [0.2, 0.25) is 0 Å². The molecule has 0 unspecified atom stereocenters. The van der Waals surface area contributed by atoms with Gasteiger partial charge in [-0.3, -0.25) is 0 Å². The minimum Gasteiger partial charge on any atom is -0.496 e. The quantitative estimate of drug-likeness (QED) is 0.374. The normalized spacial score (nSPS) is 11.9. The Hall–Kier alpha value is -2.39. The van der Waals surface area contributed by atoms with E-state index in [1.54, 1.807) is 26.6 Å². The predicted octanol–water partition coefficient (Wildman–Crippen LogP) is 3.50. The Morgan fingerprint density at radius 1 is 0.962 bits per heavy atom. The van der Waals surface area contributed by atoms with Gasteiger partial charge in [-0.2, -0.15) is 10.2 Å². The van der Waals surface area contributed by atoms with Crippen molar-refractivity contribution in [3.8, 4) is 11.5 Å². The van der Waals surface area contributed by atoms with Crippen LogP contribution in [-0.4, -0.2) is 32.6 Å². The maximum absolute atomic E-state index is 5.73. The van der Waals surface area contributed by atoms with Crippen molar-refractivity contribution in [2.24, 2.45) is 21.0 Å². The molecule has 0 fully saturated rings. The van der Waals surface area contributed by atoms with Crippen LogP contribution in [0.4, 0.5) is 0 Å². The SMILES string of the molecule is COc1ccc(Br)cc1/C=N/N=C(\N)N/N=C/c1cc(Br)ccc1OC. The maximum Gasteiger partial charge on any atom is 0.234 e. The lowest BCUT2D eigenvalue weighted by atomic mass is 10.2. The molecule has 7 nitrogen and oxygen atoms in total. The smallest absolute Gasteiger partial charge is 0.234 e. The molecule has 0 radical (unpaired) electrons. The zero-order chi connectivity index (χ0) is 18.9. The minimum atomic E-state index is 0.0421. The van der Waals surface area contributed by atoms with E-state index >= 15 is 0 Å². The fourth-order valence-corrected chi connectivity index (χ4v) is 2.71. The van der Waals surface area contributed by atoms with Crippen LogP contribution in [0.25, 0.3) is 0 Å². The molecule has 0 aliphatic carbocycles. The number of nitrogens with two attached hydrogens (primary N) is 1. The number of nitrogens with one attached hydrogen (secondary N) is 1. The molecular formula is C17H17Br2N5O2. The van der Waals surface area contributed by atoms with Crippen LogP contribution in [0.3, 0.4) is 0 Å². The van der Waals surface area contributed by atoms with Crippen molar-refractivity contribution >= 4 is 50.2 Å². The van der Waals surface area contributed by atoms with Crippen LogP contribution in [0.5, 0.6) is 11.5 Å². The number of ether oxygens (including phenoxy) is 2. The maximum atomic E-state index is 5.73. The van der Waals surface area contributed by atoms with Gasteiger partial charge >= 0.3 is 0 Å². The molecule has 136 valence electrons. The molecule has 26 heavy (non-hydrogen) atoms. The van der Waals surface area contributed by atoms with Gasteiger partial charge in [0.15, 0.2) is 0 Å². The Morgan fingerprint density at radius 2 is 1.50 bits per heavy atom. The molecule has 0 atom stereocenters. The molecule has 0 aromatic heterocycles. The summed E-state index contributed by atoms with van der Waals surface area (Å²) in [7, 11) is 3.18. The van der Waals surface area contributed by atoms with Gasteiger partial charge in [0.05, 0.1) is 26.6 Å². The van der Waals surface area contributed by atoms with Gasteiger partial charge in [-0.05, 0) is 36.4 Å². The van der Waals surface area contributed by atoms with Crippen LogP contribution >= 0.6 is 31.9 Å². The zero-order valence-corrected chi connectivity index (χ0v) is 17.3. The second kappa shape index (κ2) is 9.93. The monoisotopic (exact) mass is 481 g/mol. The Labute approximate surface area is 168 Å². The molecule has 0 amide bonds. The average molecular weight is 483 g/mol. The largest absolute Gasteiger partial charge is 0.496 e. The highest BCUT2D eigenvalue weighted by molar-refractivity contribution is 9.10. The Kier molecular flexibility index (Phi) is 7.61. The first-order chi connectivity index (χ1) is 12.5. The van der Waals surface area contributed by atoms with E-state index in [4.69, 9.17) is 15.2 Å². The second-order valence-corrected chi connectivity index (χ2v) is 6.70. The van der Waals surface area contributed by atoms with Crippen molar-refractivity contribution in [3.63, 3.8) is 0 Å². The zero-order valence-electron chi connectivity index (χ0n) is 14.1. The average Bonchev–Trinajstić information content (AvgIpc) is 2.62. The number of benzene rings is 2. The molecule has 2 rings (SSSR count). The van der Waals surface area contributed by atoms with Crippen LogP contribution in [0.15, 0.2) is 60.6 Å². The van der Waals surface area contributed by atoms with Gasteiger partial charge in [-0.1, -0.05) is 31.9 Å².